The molecule has 3 rings (SSSR count). The van der Waals surface area contributed by atoms with E-state index in [2.05, 4.69) is 12.2 Å². The van der Waals surface area contributed by atoms with Gasteiger partial charge in [-0.25, -0.2) is 0 Å². The van der Waals surface area contributed by atoms with Gasteiger partial charge in [0.15, 0.2) is 0 Å². The van der Waals surface area contributed by atoms with Crippen LogP contribution < -0.4 is 5.32 Å². The maximum atomic E-state index is 13.0. The minimum Gasteiger partial charge on any atom is -0.338 e. The Morgan fingerprint density at radius 1 is 1.12 bits per heavy atom. The highest BCUT2D eigenvalue weighted by atomic mass is 19.4. The molecule has 0 aliphatic rings. The van der Waals surface area contributed by atoms with E-state index in [-0.39, 0.29) is 12.2 Å². The van der Waals surface area contributed by atoms with Gasteiger partial charge in [0, 0.05) is 11.7 Å². The Balaban J connectivity index is 1.80. The summed E-state index contributed by atoms with van der Waals surface area (Å²) in [4.78, 5) is 12.2. The third-order valence-electron chi connectivity index (χ3n) is 4.06. The van der Waals surface area contributed by atoms with Crippen LogP contribution in [0.2, 0.25) is 0 Å². The number of alkyl halides is 3. The molecule has 1 heterocycles. The second kappa shape index (κ2) is 6.63. The first kappa shape index (κ1) is 17.1. The van der Waals surface area contributed by atoms with Gasteiger partial charge in [-0.05, 0) is 47.7 Å². The van der Waals surface area contributed by atoms with Crippen LogP contribution in [0.1, 0.15) is 18.1 Å². The van der Waals surface area contributed by atoms with Crippen molar-refractivity contribution in [2.45, 2.75) is 26.1 Å². The van der Waals surface area contributed by atoms with Crippen molar-refractivity contribution < 1.29 is 18.0 Å². The summed E-state index contributed by atoms with van der Waals surface area (Å²) in [6.07, 6.45) is -1.84. The Bertz CT molecular complexity index is 912. The number of anilines is 1. The molecule has 0 atom stereocenters. The zero-order valence-electron chi connectivity index (χ0n) is 13.6. The number of fused-ring (bicyclic) bond motifs is 1. The molecule has 0 spiro atoms. The number of carbonyl (C=O) groups is 1. The lowest BCUT2D eigenvalue weighted by molar-refractivity contribution is -0.137. The number of nitrogens with one attached hydrogen (secondary N) is 1. The van der Waals surface area contributed by atoms with Crippen LogP contribution in [0.4, 0.5) is 18.9 Å². The number of carbonyl (C=O) groups excluding carboxylic acids is 1. The number of hydrogen-bond acceptors (Lipinski definition) is 1. The molecule has 0 radical (unpaired) electrons. The van der Waals surface area contributed by atoms with Crippen molar-refractivity contribution in [2.24, 2.45) is 0 Å². The average Bonchev–Trinajstić information content (AvgIpc) is 2.96. The molecular formula is C19H17F3N2O. The average molecular weight is 346 g/mol. The van der Waals surface area contributed by atoms with Crippen LogP contribution >= 0.6 is 0 Å². The second-order valence-corrected chi connectivity index (χ2v) is 5.78. The van der Waals surface area contributed by atoms with Gasteiger partial charge in [-0.3, -0.25) is 4.79 Å². The number of halogens is 3. The molecule has 0 saturated carbocycles. The Morgan fingerprint density at radius 2 is 1.88 bits per heavy atom. The van der Waals surface area contributed by atoms with Gasteiger partial charge in [-0.1, -0.05) is 25.1 Å². The summed E-state index contributed by atoms with van der Waals surface area (Å²) in [6, 6.07) is 12.8. The van der Waals surface area contributed by atoms with Crippen molar-refractivity contribution in [3.05, 3.63) is 65.9 Å². The van der Waals surface area contributed by atoms with Crippen molar-refractivity contribution >= 4 is 22.5 Å². The first-order valence-corrected chi connectivity index (χ1v) is 7.92. The van der Waals surface area contributed by atoms with Gasteiger partial charge in [-0.2, -0.15) is 13.2 Å². The quantitative estimate of drug-likeness (QED) is 0.719. The van der Waals surface area contributed by atoms with Gasteiger partial charge >= 0.3 is 6.18 Å². The largest absolute Gasteiger partial charge is 0.418 e. The molecule has 25 heavy (non-hydrogen) atoms. The molecule has 3 aromatic rings. The van der Waals surface area contributed by atoms with Crippen LogP contribution in [0.25, 0.3) is 10.9 Å². The summed E-state index contributed by atoms with van der Waals surface area (Å²) in [5, 5.41) is 3.37. The molecule has 0 fully saturated rings. The maximum Gasteiger partial charge on any atom is 0.418 e. The number of aromatic nitrogens is 1. The summed E-state index contributed by atoms with van der Waals surface area (Å²) in [7, 11) is 0. The van der Waals surface area contributed by atoms with Crippen LogP contribution in [0.15, 0.2) is 54.7 Å². The number of para-hydroxylation sites is 1. The minimum absolute atomic E-state index is 0.0544. The molecule has 3 nitrogen and oxygen atoms in total. The van der Waals surface area contributed by atoms with Gasteiger partial charge in [-0.15, -0.1) is 0 Å². The zero-order valence-corrected chi connectivity index (χ0v) is 13.6. The van der Waals surface area contributed by atoms with Gasteiger partial charge in [0.25, 0.3) is 0 Å². The Morgan fingerprint density at radius 3 is 2.60 bits per heavy atom. The number of aryl methyl sites for hydroxylation is 1. The molecule has 130 valence electrons. The van der Waals surface area contributed by atoms with Crippen LogP contribution in [-0.2, 0) is 23.9 Å². The van der Waals surface area contributed by atoms with E-state index >= 15 is 0 Å². The Labute approximate surface area is 143 Å². The molecule has 0 aliphatic heterocycles. The minimum atomic E-state index is -4.51. The topological polar surface area (TPSA) is 34.0 Å². The smallest absolute Gasteiger partial charge is 0.338 e. The van der Waals surface area contributed by atoms with Crippen LogP contribution in [0.3, 0.4) is 0 Å². The van der Waals surface area contributed by atoms with Gasteiger partial charge < -0.3 is 9.88 Å². The van der Waals surface area contributed by atoms with E-state index in [0.717, 1.165) is 23.4 Å². The van der Waals surface area contributed by atoms with Crippen molar-refractivity contribution in [2.75, 3.05) is 5.32 Å². The molecule has 2 aromatic carbocycles. The molecular weight excluding hydrogens is 329 g/mol. The van der Waals surface area contributed by atoms with Gasteiger partial charge in [0.05, 0.1) is 11.3 Å². The molecule has 1 aromatic heterocycles. The van der Waals surface area contributed by atoms with E-state index in [0.29, 0.717) is 0 Å². The van der Waals surface area contributed by atoms with Crippen molar-refractivity contribution in [3.8, 4) is 0 Å². The third-order valence-corrected chi connectivity index (χ3v) is 4.06. The molecule has 6 heteroatoms. The summed E-state index contributed by atoms with van der Waals surface area (Å²) in [6.45, 7) is 2.00. The van der Waals surface area contributed by atoms with Crippen LogP contribution in [0.5, 0.6) is 0 Å². The maximum absolute atomic E-state index is 13.0. The summed E-state index contributed by atoms with van der Waals surface area (Å²) >= 11 is 0. The molecule has 0 unspecified atom stereocenters. The lowest BCUT2D eigenvalue weighted by atomic mass is 10.1. The molecule has 1 amide bonds. The van der Waals surface area contributed by atoms with Gasteiger partial charge in [0.2, 0.25) is 5.91 Å². The monoisotopic (exact) mass is 346 g/mol. The fourth-order valence-electron chi connectivity index (χ4n) is 2.79. The Hall–Kier alpha value is -2.76. The predicted molar refractivity (Wildman–Crippen MR) is 91.4 cm³/mol. The van der Waals surface area contributed by atoms with E-state index < -0.39 is 17.6 Å². The number of amides is 1. The summed E-state index contributed by atoms with van der Waals surface area (Å²) in [5.41, 5.74) is 0.975. The van der Waals surface area contributed by atoms with Crippen LogP contribution in [-0.4, -0.2) is 10.5 Å². The number of hydrogen-bond donors (Lipinski definition) is 1. The van der Waals surface area contributed by atoms with Crippen molar-refractivity contribution in [1.29, 1.82) is 0 Å². The highest BCUT2D eigenvalue weighted by Gasteiger charge is 2.33. The fraction of sp³-hybridized carbons (Fsp3) is 0.211. The van der Waals surface area contributed by atoms with E-state index in [9.17, 15) is 18.0 Å². The molecule has 0 bridgehead atoms. The third kappa shape index (κ3) is 3.68. The fourth-order valence-corrected chi connectivity index (χ4v) is 2.79. The van der Waals surface area contributed by atoms with E-state index in [1.54, 1.807) is 10.8 Å². The number of benzene rings is 2. The van der Waals surface area contributed by atoms with E-state index in [4.69, 9.17) is 0 Å². The van der Waals surface area contributed by atoms with Crippen molar-refractivity contribution in [1.82, 2.24) is 4.57 Å². The number of rotatable bonds is 4. The van der Waals surface area contributed by atoms with Gasteiger partial charge in [0.1, 0.15) is 6.54 Å². The summed E-state index contributed by atoms with van der Waals surface area (Å²) < 4.78 is 40.7. The highest BCUT2D eigenvalue weighted by Crippen LogP contribution is 2.34. The van der Waals surface area contributed by atoms with E-state index in [1.807, 2.05) is 24.3 Å². The second-order valence-electron chi connectivity index (χ2n) is 5.78. The first-order valence-electron chi connectivity index (χ1n) is 7.92. The lowest BCUT2D eigenvalue weighted by Gasteiger charge is -2.14. The predicted octanol–water partition coefficient (Wildman–Crippen LogP) is 4.86. The first-order chi connectivity index (χ1) is 11.9. The molecule has 0 aliphatic carbocycles. The highest BCUT2D eigenvalue weighted by molar-refractivity contribution is 5.93. The summed E-state index contributed by atoms with van der Waals surface area (Å²) in [5.74, 6) is -0.506. The standard InChI is InChI=1S/C19H17F3N2O/c1-2-13-7-8-17-14(11-13)9-10-24(17)12-18(25)23-16-6-4-3-5-15(16)19(20,21)22/h3-11H,2,12H2,1H3,(H,23,25). The van der Waals surface area contributed by atoms with Crippen LogP contribution in [0, 0.1) is 0 Å². The Kier molecular flexibility index (Phi) is 4.53. The van der Waals surface area contributed by atoms with Crippen molar-refractivity contribution in [3.63, 3.8) is 0 Å². The number of nitrogens with zero attached hydrogens (tertiary/aromatic N) is 1. The molecule has 0 saturated heterocycles. The zero-order chi connectivity index (χ0) is 18.0. The SMILES string of the molecule is CCc1ccc2c(ccn2CC(=O)Nc2ccccc2C(F)(F)F)c1. The molecule has 1 N–H and O–H groups in total. The van der Waals surface area contributed by atoms with E-state index in [1.165, 1.54) is 23.8 Å². The normalized spacial score (nSPS) is 11.7. The lowest BCUT2D eigenvalue weighted by Crippen LogP contribution is -2.20.